The number of hydrogen-bond acceptors (Lipinski definition) is 2. The van der Waals surface area contributed by atoms with E-state index in [4.69, 9.17) is 9.97 Å². The Morgan fingerprint density at radius 2 is 0.940 bits per heavy atom. The van der Waals surface area contributed by atoms with E-state index < -0.39 is 0 Å². The lowest BCUT2D eigenvalue weighted by molar-refractivity contribution is 1.13. The van der Waals surface area contributed by atoms with Crippen LogP contribution in [0.1, 0.15) is 11.1 Å². The van der Waals surface area contributed by atoms with Gasteiger partial charge in [-0.15, -0.1) is 0 Å². The highest BCUT2D eigenvalue weighted by Crippen LogP contribution is 2.43. The topological polar surface area (TPSA) is 30.7 Å². The van der Waals surface area contributed by atoms with Crippen LogP contribution in [0, 0.1) is 0 Å². The van der Waals surface area contributed by atoms with E-state index in [0.717, 1.165) is 40.4 Å². The summed E-state index contributed by atoms with van der Waals surface area (Å²) in [7, 11) is 0. The van der Waals surface area contributed by atoms with Crippen LogP contribution >= 0.6 is 0 Å². The van der Waals surface area contributed by atoms with Gasteiger partial charge in [-0.3, -0.25) is 0 Å². The molecule has 0 saturated carbocycles. The lowest BCUT2D eigenvalue weighted by atomic mass is 9.98. The quantitative estimate of drug-likeness (QED) is 0.188. The maximum absolute atomic E-state index is 5.26. The van der Waals surface area contributed by atoms with Gasteiger partial charge in [0.2, 0.25) is 0 Å². The molecule has 0 N–H and O–H groups in total. The third-order valence-electron chi connectivity index (χ3n) is 10.1. The summed E-state index contributed by atoms with van der Waals surface area (Å²) < 4.78 is 2.36. The molecule has 2 aromatic heterocycles. The Morgan fingerprint density at radius 3 is 1.66 bits per heavy atom. The molecule has 234 valence electrons. The second-order valence-electron chi connectivity index (χ2n) is 13.0. The summed E-state index contributed by atoms with van der Waals surface area (Å²) in [5.74, 6) is 0.748. The van der Waals surface area contributed by atoms with Gasteiger partial charge in [-0.05, 0) is 64.2 Å². The zero-order valence-electron chi connectivity index (χ0n) is 27.3. The standard InChI is InChI=1S/C47H31N3/c1-3-12-31(13-4-1)34-16-11-17-37(28-34)45-42-30-36-23-22-35(29-41(36)46(42)49-47(48-45)33-14-5-2-6-15-33)32-24-26-38(27-25-32)50-43-20-9-7-18-39(43)40-19-8-10-21-44(40)50/h1-29H,30H2. The molecule has 0 amide bonds. The Bertz CT molecular complexity index is 2650. The van der Waals surface area contributed by atoms with Gasteiger partial charge < -0.3 is 4.57 Å². The molecule has 0 spiro atoms. The average Bonchev–Trinajstić information content (AvgIpc) is 3.74. The lowest BCUT2D eigenvalue weighted by Gasteiger charge is -2.13. The van der Waals surface area contributed by atoms with Crippen LogP contribution in [0.5, 0.6) is 0 Å². The van der Waals surface area contributed by atoms with Crippen LogP contribution in [-0.2, 0) is 6.42 Å². The molecule has 0 atom stereocenters. The van der Waals surface area contributed by atoms with Crippen molar-refractivity contribution in [2.75, 3.05) is 0 Å². The highest BCUT2D eigenvalue weighted by Gasteiger charge is 2.27. The van der Waals surface area contributed by atoms with Crippen molar-refractivity contribution in [2.45, 2.75) is 6.42 Å². The summed E-state index contributed by atoms with van der Waals surface area (Å²) in [4.78, 5) is 10.5. The molecule has 0 fully saturated rings. The second-order valence-corrected chi connectivity index (χ2v) is 13.0. The molecule has 2 heterocycles. The molecule has 3 nitrogen and oxygen atoms in total. The first-order valence-corrected chi connectivity index (χ1v) is 17.1. The van der Waals surface area contributed by atoms with Crippen molar-refractivity contribution in [2.24, 2.45) is 0 Å². The molecule has 0 unspecified atom stereocenters. The molecular weight excluding hydrogens is 607 g/mol. The molecule has 3 heteroatoms. The predicted molar refractivity (Wildman–Crippen MR) is 206 cm³/mol. The van der Waals surface area contributed by atoms with Crippen molar-refractivity contribution in [1.29, 1.82) is 0 Å². The van der Waals surface area contributed by atoms with E-state index >= 15 is 0 Å². The fourth-order valence-corrected chi connectivity index (χ4v) is 7.63. The smallest absolute Gasteiger partial charge is 0.160 e. The van der Waals surface area contributed by atoms with Crippen LogP contribution < -0.4 is 0 Å². The monoisotopic (exact) mass is 637 g/mol. The summed E-state index contributed by atoms with van der Waals surface area (Å²) in [6.45, 7) is 0. The van der Waals surface area contributed by atoms with Gasteiger partial charge in [0.15, 0.2) is 5.82 Å². The number of benzene rings is 7. The molecule has 0 saturated heterocycles. The third kappa shape index (κ3) is 4.67. The van der Waals surface area contributed by atoms with Crippen LogP contribution in [0.4, 0.5) is 0 Å². The van der Waals surface area contributed by atoms with E-state index in [1.165, 1.54) is 60.8 Å². The van der Waals surface area contributed by atoms with Gasteiger partial charge >= 0.3 is 0 Å². The molecule has 0 aliphatic heterocycles. The minimum atomic E-state index is 0.748. The van der Waals surface area contributed by atoms with Crippen molar-refractivity contribution in [3.8, 4) is 61.8 Å². The van der Waals surface area contributed by atoms with Crippen molar-refractivity contribution in [3.63, 3.8) is 0 Å². The van der Waals surface area contributed by atoms with Gasteiger partial charge in [0.1, 0.15) is 0 Å². The van der Waals surface area contributed by atoms with Gasteiger partial charge in [-0.1, -0.05) is 140 Å². The zero-order chi connectivity index (χ0) is 33.0. The van der Waals surface area contributed by atoms with Crippen LogP contribution in [0.15, 0.2) is 176 Å². The number of nitrogens with zero attached hydrogens (tertiary/aromatic N) is 3. The Hall–Kier alpha value is -6.58. The van der Waals surface area contributed by atoms with E-state index in [0.29, 0.717) is 0 Å². The number of rotatable bonds is 5. The van der Waals surface area contributed by atoms with Gasteiger partial charge in [0.05, 0.1) is 22.4 Å². The van der Waals surface area contributed by atoms with Gasteiger partial charge in [0, 0.05) is 45.1 Å². The fourth-order valence-electron chi connectivity index (χ4n) is 7.63. The van der Waals surface area contributed by atoms with E-state index in [1.807, 2.05) is 6.07 Å². The molecule has 10 rings (SSSR count). The zero-order valence-corrected chi connectivity index (χ0v) is 27.3. The highest BCUT2D eigenvalue weighted by atomic mass is 15.0. The first-order chi connectivity index (χ1) is 24.8. The summed E-state index contributed by atoms with van der Waals surface area (Å²) in [5, 5.41) is 2.54. The second kappa shape index (κ2) is 11.5. The largest absolute Gasteiger partial charge is 0.309 e. The first kappa shape index (κ1) is 28.4. The first-order valence-electron chi connectivity index (χ1n) is 17.1. The minimum Gasteiger partial charge on any atom is -0.309 e. The summed E-state index contributed by atoms with van der Waals surface area (Å²) in [6.07, 6.45) is 0.803. The average molecular weight is 638 g/mol. The minimum absolute atomic E-state index is 0.748. The molecule has 1 aliphatic rings. The van der Waals surface area contributed by atoms with Crippen LogP contribution in [0.25, 0.3) is 83.6 Å². The van der Waals surface area contributed by atoms with E-state index in [2.05, 4.69) is 174 Å². The molecule has 0 bridgehead atoms. The van der Waals surface area contributed by atoms with Gasteiger partial charge in [-0.2, -0.15) is 0 Å². The molecule has 1 aliphatic carbocycles. The van der Waals surface area contributed by atoms with Gasteiger partial charge in [-0.25, -0.2) is 9.97 Å². The third-order valence-corrected chi connectivity index (χ3v) is 10.1. The normalized spacial score (nSPS) is 11.9. The van der Waals surface area contributed by atoms with Gasteiger partial charge in [0.25, 0.3) is 0 Å². The molecular formula is C47H31N3. The van der Waals surface area contributed by atoms with E-state index in [1.54, 1.807) is 0 Å². The van der Waals surface area contributed by atoms with Crippen LogP contribution in [0.3, 0.4) is 0 Å². The Morgan fingerprint density at radius 1 is 0.400 bits per heavy atom. The number of hydrogen-bond donors (Lipinski definition) is 0. The fraction of sp³-hybridized carbons (Fsp3) is 0.0213. The van der Waals surface area contributed by atoms with Crippen molar-refractivity contribution in [3.05, 3.63) is 187 Å². The van der Waals surface area contributed by atoms with Crippen molar-refractivity contribution >= 4 is 21.8 Å². The maximum atomic E-state index is 5.26. The highest BCUT2D eigenvalue weighted by molar-refractivity contribution is 6.09. The predicted octanol–water partition coefficient (Wildman–Crippen LogP) is 11.8. The van der Waals surface area contributed by atoms with Crippen LogP contribution in [0.2, 0.25) is 0 Å². The Labute approximate surface area is 290 Å². The van der Waals surface area contributed by atoms with E-state index in [-0.39, 0.29) is 0 Å². The Balaban J connectivity index is 1.08. The van der Waals surface area contributed by atoms with Crippen molar-refractivity contribution < 1.29 is 0 Å². The summed E-state index contributed by atoms with van der Waals surface area (Å²) >= 11 is 0. The summed E-state index contributed by atoms with van der Waals surface area (Å²) in [6, 6.07) is 62.8. The molecule has 50 heavy (non-hydrogen) atoms. The number of fused-ring (bicyclic) bond motifs is 6. The molecule has 0 radical (unpaired) electrons. The molecule has 9 aromatic rings. The maximum Gasteiger partial charge on any atom is 0.160 e. The van der Waals surface area contributed by atoms with Crippen molar-refractivity contribution in [1.82, 2.24) is 14.5 Å². The van der Waals surface area contributed by atoms with Crippen LogP contribution in [-0.4, -0.2) is 14.5 Å². The lowest BCUT2D eigenvalue weighted by Crippen LogP contribution is -1.99. The SMILES string of the molecule is c1ccc(-c2cccc(-c3nc(-c4ccccc4)nc4c3Cc3ccc(-c5ccc(-n6c7ccccc7c7ccccc76)cc5)cc3-4)c2)cc1. The molecule has 7 aromatic carbocycles. The van der Waals surface area contributed by atoms with E-state index in [9.17, 15) is 0 Å². The summed E-state index contributed by atoms with van der Waals surface area (Å²) in [5.41, 5.74) is 16.1. The number of para-hydroxylation sites is 2. The Kier molecular flexibility index (Phi) is 6.56. The number of aromatic nitrogens is 3.